The van der Waals surface area contributed by atoms with E-state index in [9.17, 15) is 14.4 Å². The van der Waals surface area contributed by atoms with Gasteiger partial charge in [0, 0.05) is 24.2 Å². The summed E-state index contributed by atoms with van der Waals surface area (Å²) >= 11 is 0. The zero-order valence-electron chi connectivity index (χ0n) is 27.9. The Morgan fingerprint density at radius 3 is 2.13 bits per heavy atom. The van der Waals surface area contributed by atoms with Crippen molar-refractivity contribution < 1.29 is 14.3 Å². The molecular formula is C38H47N5O4. The summed E-state index contributed by atoms with van der Waals surface area (Å²) < 4.78 is 7.21. The molecule has 9 nitrogen and oxygen atoms in total. The molecule has 3 amide bonds. The molecule has 3 saturated heterocycles. The average molecular weight is 638 g/mol. The first-order chi connectivity index (χ1) is 22.7. The number of nitrogens with zero attached hydrogens (tertiary/aromatic N) is 5. The first-order valence-electron chi connectivity index (χ1n) is 17.8. The van der Waals surface area contributed by atoms with Crippen molar-refractivity contribution in [2.24, 2.45) is 11.8 Å². The molecule has 3 aromatic rings. The van der Waals surface area contributed by atoms with Crippen molar-refractivity contribution in [1.29, 1.82) is 0 Å². The van der Waals surface area contributed by atoms with Gasteiger partial charge in [0.25, 0.3) is 11.5 Å². The molecule has 5 fully saturated rings. The average Bonchev–Trinajstić information content (AvgIpc) is 3.22. The predicted octanol–water partition coefficient (Wildman–Crippen LogP) is 6.68. The summed E-state index contributed by atoms with van der Waals surface area (Å²) in [5, 5.41) is 0. The lowest BCUT2D eigenvalue weighted by Crippen LogP contribution is -2.58. The van der Waals surface area contributed by atoms with E-state index in [1.165, 1.54) is 67.6 Å². The molecule has 3 aliphatic heterocycles. The number of methoxy groups -OCH3 is 1. The first-order valence-corrected chi connectivity index (χ1v) is 17.8. The zero-order valence-corrected chi connectivity index (χ0v) is 27.9. The Balaban J connectivity index is 1.13. The van der Waals surface area contributed by atoms with Gasteiger partial charge in [-0.25, -0.2) is 9.78 Å². The Morgan fingerprint density at radius 2 is 1.45 bits per heavy atom. The second-order valence-electron chi connectivity index (χ2n) is 15.4. The van der Waals surface area contributed by atoms with Gasteiger partial charge in [-0.2, -0.15) is 0 Å². The summed E-state index contributed by atoms with van der Waals surface area (Å²) in [5.41, 5.74) is 0.715. The van der Waals surface area contributed by atoms with Gasteiger partial charge in [-0.3, -0.25) is 24.3 Å². The van der Waals surface area contributed by atoms with Gasteiger partial charge in [0.15, 0.2) is 0 Å². The number of urea groups is 1. The van der Waals surface area contributed by atoms with Crippen LogP contribution in [0.15, 0.2) is 53.3 Å². The molecule has 4 bridgehead atoms. The number of piperidine rings is 2. The normalized spacial score (nSPS) is 30.6. The first kappa shape index (κ1) is 30.6. The van der Waals surface area contributed by atoms with Gasteiger partial charge >= 0.3 is 6.03 Å². The minimum Gasteiger partial charge on any atom is -0.497 e. The number of fused-ring (bicyclic) bond motifs is 5. The Bertz CT molecular complexity index is 1720. The summed E-state index contributed by atoms with van der Waals surface area (Å²) in [4.78, 5) is 52.9. The van der Waals surface area contributed by atoms with E-state index >= 15 is 0 Å². The van der Waals surface area contributed by atoms with Crippen LogP contribution in [0.3, 0.4) is 0 Å². The third-order valence-corrected chi connectivity index (χ3v) is 12.1. The Hall–Kier alpha value is -3.72. The molecule has 2 aromatic carbocycles. The van der Waals surface area contributed by atoms with E-state index in [2.05, 4.69) is 4.90 Å². The van der Waals surface area contributed by atoms with Crippen LogP contribution in [0.5, 0.6) is 5.75 Å². The molecule has 47 heavy (non-hydrogen) atoms. The summed E-state index contributed by atoms with van der Waals surface area (Å²) in [5.74, 6) is 2.16. The Morgan fingerprint density at radius 1 is 0.787 bits per heavy atom. The molecule has 0 radical (unpaired) electrons. The van der Waals surface area contributed by atoms with Gasteiger partial charge in [-0.05, 0) is 100 Å². The van der Waals surface area contributed by atoms with E-state index in [1.807, 2.05) is 53.1 Å². The molecular weight excluding hydrogens is 590 g/mol. The number of anilines is 1. The number of para-hydroxylation sites is 2. The number of rotatable bonds is 6. The lowest BCUT2D eigenvalue weighted by molar-refractivity contribution is -0.130. The smallest absolute Gasteiger partial charge is 0.333 e. The highest BCUT2D eigenvalue weighted by Gasteiger charge is 2.54. The van der Waals surface area contributed by atoms with Crippen molar-refractivity contribution in [3.63, 3.8) is 0 Å². The van der Waals surface area contributed by atoms with Crippen LogP contribution in [0.25, 0.3) is 11.0 Å². The van der Waals surface area contributed by atoms with Crippen LogP contribution in [-0.4, -0.2) is 62.1 Å². The molecule has 2 aliphatic carbocycles. The van der Waals surface area contributed by atoms with Gasteiger partial charge in [0.05, 0.1) is 24.7 Å². The fourth-order valence-electron chi connectivity index (χ4n) is 10.1. The maximum Gasteiger partial charge on any atom is 0.333 e. The summed E-state index contributed by atoms with van der Waals surface area (Å²) in [6.07, 6.45) is 13.7. The molecule has 2 saturated carbocycles. The third kappa shape index (κ3) is 5.16. The quantitative estimate of drug-likeness (QED) is 0.280. The number of carbonyl (C=O) groups is 2. The highest BCUT2D eigenvalue weighted by atomic mass is 16.5. The summed E-state index contributed by atoms with van der Waals surface area (Å²) in [7, 11) is 1.60. The number of carbonyl (C=O) groups excluding carboxylic acids is 2. The van der Waals surface area contributed by atoms with Gasteiger partial charge < -0.3 is 9.30 Å². The number of ether oxygens (including phenoxy) is 1. The van der Waals surface area contributed by atoms with Crippen LogP contribution < -0.4 is 15.2 Å². The fraction of sp³-hybridized carbons (Fsp3) is 0.579. The zero-order chi connectivity index (χ0) is 32.4. The van der Waals surface area contributed by atoms with Crippen LogP contribution in [0.4, 0.5) is 10.6 Å². The lowest BCUT2D eigenvalue weighted by Gasteiger charge is -2.55. The maximum atomic E-state index is 14.7. The van der Waals surface area contributed by atoms with Gasteiger partial charge in [-0.1, -0.05) is 49.9 Å². The molecule has 4 heterocycles. The molecule has 5 aliphatic rings. The predicted molar refractivity (Wildman–Crippen MR) is 182 cm³/mol. The summed E-state index contributed by atoms with van der Waals surface area (Å²) in [6.45, 7) is 3.53. The van der Waals surface area contributed by atoms with Crippen LogP contribution in [0, 0.1) is 11.8 Å². The van der Waals surface area contributed by atoms with E-state index in [1.54, 1.807) is 21.0 Å². The Labute approximate surface area is 276 Å². The molecule has 0 spiro atoms. The molecule has 9 heteroatoms. The van der Waals surface area contributed by atoms with Crippen molar-refractivity contribution in [3.05, 3.63) is 64.4 Å². The van der Waals surface area contributed by atoms with Gasteiger partial charge in [0.1, 0.15) is 11.3 Å². The minimum atomic E-state index is -1.27. The van der Waals surface area contributed by atoms with E-state index in [-0.39, 0.29) is 29.9 Å². The van der Waals surface area contributed by atoms with Crippen molar-refractivity contribution in [3.8, 4) is 5.75 Å². The van der Waals surface area contributed by atoms with Crippen LogP contribution >= 0.6 is 0 Å². The molecule has 2 unspecified atom stereocenters. The number of imide groups is 1. The number of hydrogen-bond acceptors (Lipinski definition) is 6. The topological polar surface area (TPSA) is 88.0 Å². The maximum absolute atomic E-state index is 14.7. The van der Waals surface area contributed by atoms with E-state index < -0.39 is 11.6 Å². The molecule has 8 rings (SSSR count). The highest BCUT2D eigenvalue weighted by Crippen LogP contribution is 2.47. The monoisotopic (exact) mass is 637 g/mol. The molecule has 248 valence electrons. The molecule has 6 atom stereocenters. The van der Waals surface area contributed by atoms with Crippen LogP contribution in [-0.2, 0) is 11.3 Å². The van der Waals surface area contributed by atoms with E-state index in [0.717, 1.165) is 35.8 Å². The van der Waals surface area contributed by atoms with Crippen molar-refractivity contribution in [2.75, 3.05) is 12.0 Å². The number of amides is 3. The third-order valence-electron chi connectivity index (χ3n) is 12.1. The Kier molecular flexibility index (Phi) is 7.66. The van der Waals surface area contributed by atoms with Crippen LogP contribution in [0.2, 0.25) is 0 Å². The number of benzene rings is 2. The van der Waals surface area contributed by atoms with E-state index in [4.69, 9.17) is 9.72 Å². The van der Waals surface area contributed by atoms with Crippen LogP contribution in [0.1, 0.15) is 96.1 Å². The molecule has 1 aromatic heterocycles. The number of hydrogen-bond donors (Lipinski definition) is 0. The highest BCUT2D eigenvalue weighted by molar-refractivity contribution is 6.16. The largest absolute Gasteiger partial charge is 0.497 e. The fourth-order valence-corrected chi connectivity index (χ4v) is 10.1. The van der Waals surface area contributed by atoms with Crippen molar-refractivity contribution in [2.45, 2.75) is 121 Å². The molecule has 0 N–H and O–H groups in total. The van der Waals surface area contributed by atoms with Gasteiger partial charge in [-0.15, -0.1) is 0 Å². The number of aromatic nitrogens is 2. The SMILES string of the molecule is COc1ccc(CN2C(=O)N(c3nc4ccccc4n(C4C[C@H]5CCC[C@@H](C4)N5C4C[C@H]5CCC[C@@H](C4)C5)c3=O)C(C)(C)C2=O)cc1. The van der Waals surface area contributed by atoms with Crippen molar-refractivity contribution >= 4 is 28.8 Å². The second kappa shape index (κ2) is 11.8. The van der Waals surface area contributed by atoms with Gasteiger partial charge in [0.2, 0.25) is 5.82 Å². The minimum absolute atomic E-state index is 0.00992. The van der Waals surface area contributed by atoms with Crippen molar-refractivity contribution in [1.82, 2.24) is 19.4 Å². The second-order valence-corrected chi connectivity index (χ2v) is 15.4. The van der Waals surface area contributed by atoms with E-state index in [0.29, 0.717) is 29.4 Å². The standard InChI is InChI=1S/C38H47N5O4/c1-38(2)36(45)40(23-24-14-16-31(47-3)17-15-24)37(46)43(38)34-35(44)42(33-13-5-4-12-32(33)39-34)30-21-27-10-7-11-28(22-30)41(27)29-19-25-8-6-9-26(18-25)20-29/h4-5,12-17,25-30H,6-11,18-23H2,1-3H3/t25-,26+,27-,28+,29?,30?. The lowest BCUT2D eigenvalue weighted by atomic mass is 9.68. The summed E-state index contributed by atoms with van der Waals surface area (Å²) in [6, 6.07) is 16.2.